The van der Waals surface area contributed by atoms with Crippen molar-refractivity contribution in [1.29, 1.82) is 5.26 Å². The SMILES string of the molecule is N#Cc1ccc(-n2ccnc2-c2ccc(N)cc2)cc1Br. The van der Waals surface area contributed by atoms with Crippen molar-refractivity contribution in [1.82, 2.24) is 9.55 Å². The molecule has 0 spiro atoms. The molecule has 0 saturated heterocycles. The molecule has 0 atom stereocenters. The lowest BCUT2D eigenvalue weighted by molar-refractivity contribution is 1.06. The van der Waals surface area contributed by atoms with E-state index in [4.69, 9.17) is 11.0 Å². The molecular formula is C16H11BrN4. The van der Waals surface area contributed by atoms with Crippen molar-refractivity contribution >= 4 is 21.6 Å². The van der Waals surface area contributed by atoms with Crippen molar-refractivity contribution in [3.05, 3.63) is 64.9 Å². The Balaban J connectivity index is 2.09. The summed E-state index contributed by atoms with van der Waals surface area (Å²) in [7, 11) is 0. The number of rotatable bonds is 2. The normalized spacial score (nSPS) is 10.3. The molecule has 0 radical (unpaired) electrons. The van der Waals surface area contributed by atoms with Crippen molar-refractivity contribution < 1.29 is 0 Å². The fourth-order valence-corrected chi connectivity index (χ4v) is 2.56. The van der Waals surface area contributed by atoms with Gasteiger partial charge in [0.2, 0.25) is 0 Å². The third kappa shape index (κ3) is 2.54. The fourth-order valence-electron chi connectivity index (χ4n) is 2.10. The van der Waals surface area contributed by atoms with Crippen LogP contribution in [0.3, 0.4) is 0 Å². The van der Waals surface area contributed by atoms with Gasteiger partial charge in [-0.25, -0.2) is 4.98 Å². The Morgan fingerprint density at radius 3 is 2.57 bits per heavy atom. The number of imidazole rings is 1. The third-order valence-corrected chi connectivity index (χ3v) is 3.82. The minimum Gasteiger partial charge on any atom is -0.399 e. The molecule has 3 aromatic rings. The average Bonchev–Trinajstić information content (AvgIpc) is 2.97. The minimum absolute atomic E-state index is 0.605. The topological polar surface area (TPSA) is 67.6 Å². The summed E-state index contributed by atoms with van der Waals surface area (Å²) in [5, 5.41) is 8.99. The molecule has 0 fully saturated rings. The van der Waals surface area contributed by atoms with E-state index in [9.17, 15) is 0 Å². The van der Waals surface area contributed by atoms with Crippen molar-refractivity contribution in [2.24, 2.45) is 0 Å². The van der Waals surface area contributed by atoms with Crippen LogP contribution in [0.2, 0.25) is 0 Å². The summed E-state index contributed by atoms with van der Waals surface area (Å²) < 4.78 is 2.73. The van der Waals surface area contributed by atoms with Gasteiger partial charge in [0.1, 0.15) is 11.9 Å². The predicted octanol–water partition coefficient (Wildman–Crippen LogP) is 3.76. The van der Waals surface area contributed by atoms with Crippen LogP contribution in [0.1, 0.15) is 5.56 Å². The number of benzene rings is 2. The maximum atomic E-state index is 8.99. The largest absolute Gasteiger partial charge is 0.399 e. The molecule has 0 aliphatic carbocycles. The van der Waals surface area contributed by atoms with Crippen LogP contribution >= 0.6 is 15.9 Å². The number of nitriles is 1. The van der Waals surface area contributed by atoms with Gasteiger partial charge in [0.05, 0.1) is 5.56 Å². The Kier molecular flexibility index (Phi) is 3.46. The first kappa shape index (κ1) is 13.4. The van der Waals surface area contributed by atoms with Crippen LogP contribution in [0.25, 0.3) is 17.1 Å². The van der Waals surface area contributed by atoms with Gasteiger partial charge < -0.3 is 5.73 Å². The number of hydrogen-bond donors (Lipinski definition) is 1. The van der Waals surface area contributed by atoms with Gasteiger partial charge in [0.15, 0.2) is 0 Å². The van der Waals surface area contributed by atoms with Crippen LogP contribution in [-0.4, -0.2) is 9.55 Å². The van der Waals surface area contributed by atoms with Gasteiger partial charge in [0, 0.05) is 33.8 Å². The van der Waals surface area contributed by atoms with E-state index < -0.39 is 0 Å². The second-order valence-electron chi connectivity index (χ2n) is 4.52. The van der Waals surface area contributed by atoms with Crippen molar-refractivity contribution in [3.63, 3.8) is 0 Å². The van der Waals surface area contributed by atoms with E-state index in [1.807, 2.05) is 47.2 Å². The predicted molar refractivity (Wildman–Crippen MR) is 85.8 cm³/mol. The summed E-state index contributed by atoms with van der Waals surface area (Å²) in [5.74, 6) is 0.826. The van der Waals surface area contributed by atoms with E-state index in [0.717, 1.165) is 27.2 Å². The lowest BCUT2D eigenvalue weighted by Crippen LogP contribution is -1.97. The summed E-state index contributed by atoms with van der Waals surface area (Å²) in [4.78, 5) is 4.41. The van der Waals surface area contributed by atoms with Gasteiger partial charge >= 0.3 is 0 Å². The van der Waals surface area contributed by atoms with Crippen LogP contribution in [0.4, 0.5) is 5.69 Å². The van der Waals surface area contributed by atoms with E-state index >= 15 is 0 Å². The summed E-state index contributed by atoms with van der Waals surface area (Å²) in [5.41, 5.74) is 8.96. The highest BCUT2D eigenvalue weighted by molar-refractivity contribution is 9.10. The van der Waals surface area contributed by atoms with Gasteiger partial charge in [-0.05, 0) is 58.4 Å². The first-order valence-electron chi connectivity index (χ1n) is 6.28. The number of halogens is 1. The Labute approximate surface area is 130 Å². The maximum Gasteiger partial charge on any atom is 0.144 e. The number of hydrogen-bond acceptors (Lipinski definition) is 3. The number of aromatic nitrogens is 2. The molecular weight excluding hydrogens is 328 g/mol. The maximum absolute atomic E-state index is 8.99. The van der Waals surface area contributed by atoms with Crippen LogP contribution < -0.4 is 5.73 Å². The standard InChI is InChI=1S/C16H11BrN4/c17-15-9-14(6-3-12(15)10-18)21-8-7-20-16(21)11-1-4-13(19)5-2-11/h1-9H,19H2. The Hall–Kier alpha value is -2.58. The monoisotopic (exact) mass is 338 g/mol. The Morgan fingerprint density at radius 1 is 1.14 bits per heavy atom. The highest BCUT2D eigenvalue weighted by Crippen LogP contribution is 2.25. The zero-order chi connectivity index (χ0) is 14.8. The highest BCUT2D eigenvalue weighted by Gasteiger charge is 2.09. The molecule has 0 amide bonds. The van der Waals surface area contributed by atoms with Gasteiger partial charge in [0.25, 0.3) is 0 Å². The summed E-state index contributed by atoms with van der Waals surface area (Å²) in [6.07, 6.45) is 3.64. The van der Waals surface area contributed by atoms with Crippen molar-refractivity contribution in [2.45, 2.75) is 0 Å². The number of nitrogens with two attached hydrogens (primary N) is 1. The summed E-state index contributed by atoms with van der Waals surface area (Å²) >= 11 is 3.41. The molecule has 0 bridgehead atoms. The van der Waals surface area contributed by atoms with Gasteiger partial charge in [-0.15, -0.1) is 0 Å². The van der Waals surface area contributed by atoms with Gasteiger partial charge in [-0.3, -0.25) is 4.57 Å². The lowest BCUT2D eigenvalue weighted by atomic mass is 10.2. The quantitative estimate of drug-likeness (QED) is 0.723. The molecule has 2 N–H and O–H groups in total. The van der Waals surface area contributed by atoms with Crippen LogP contribution in [0.5, 0.6) is 0 Å². The van der Waals surface area contributed by atoms with Crippen LogP contribution in [0.15, 0.2) is 59.3 Å². The lowest BCUT2D eigenvalue weighted by Gasteiger charge is -2.09. The van der Waals surface area contributed by atoms with Crippen LogP contribution in [-0.2, 0) is 0 Å². The second-order valence-corrected chi connectivity index (χ2v) is 5.37. The molecule has 0 unspecified atom stereocenters. The first-order chi connectivity index (χ1) is 10.2. The molecule has 0 aliphatic heterocycles. The summed E-state index contributed by atoms with van der Waals surface area (Å²) in [6.45, 7) is 0. The van der Waals surface area contributed by atoms with E-state index in [1.54, 1.807) is 12.3 Å². The van der Waals surface area contributed by atoms with Crippen molar-refractivity contribution in [2.75, 3.05) is 5.73 Å². The minimum atomic E-state index is 0.605. The van der Waals surface area contributed by atoms with Crippen LogP contribution in [0, 0.1) is 11.3 Å². The zero-order valence-corrected chi connectivity index (χ0v) is 12.6. The van der Waals surface area contributed by atoms with Gasteiger partial charge in [-0.2, -0.15) is 5.26 Å². The Bertz CT molecular complexity index is 828. The zero-order valence-electron chi connectivity index (χ0n) is 11.0. The average molecular weight is 339 g/mol. The first-order valence-corrected chi connectivity index (χ1v) is 7.07. The molecule has 0 aliphatic rings. The Morgan fingerprint density at radius 2 is 1.90 bits per heavy atom. The third-order valence-electron chi connectivity index (χ3n) is 3.16. The van der Waals surface area contributed by atoms with E-state index in [2.05, 4.69) is 27.0 Å². The van der Waals surface area contributed by atoms with Gasteiger partial charge in [-0.1, -0.05) is 0 Å². The molecule has 102 valence electrons. The fraction of sp³-hybridized carbons (Fsp3) is 0. The molecule has 1 heterocycles. The summed E-state index contributed by atoms with van der Waals surface area (Å²) in [6, 6.07) is 15.3. The number of anilines is 1. The second kappa shape index (κ2) is 5.43. The number of nitrogen functional groups attached to an aromatic ring is 1. The van der Waals surface area contributed by atoms with E-state index in [-0.39, 0.29) is 0 Å². The van der Waals surface area contributed by atoms with E-state index in [0.29, 0.717) is 5.56 Å². The smallest absolute Gasteiger partial charge is 0.144 e. The molecule has 1 aromatic heterocycles. The molecule has 5 heteroatoms. The molecule has 21 heavy (non-hydrogen) atoms. The highest BCUT2D eigenvalue weighted by atomic mass is 79.9. The molecule has 4 nitrogen and oxygen atoms in total. The molecule has 2 aromatic carbocycles. The van der Waals surface area contributed by atoms with E-state index in [1.165, 1.54) is 0 Å². The molecule has 3 rings (SSSR count). The number of nitrogens with zero attached hydrogens (tertiary/aromatic N) is 3. The van der Waals surface area contributed by atoms with Crippen molar-refractivity contribution in [3.8, 4) is 23.1 Å². The molecule has 0 saturated carbocycles.